The average molecular weight is 358 g/mol. The first kappa shape index (κ1) is 17.2. The molecule has 1 aliphatic heterocycles. The van der Waals surface area contributed by atoms with E-state index in [2.05, 4.69) is 10.4 Å². The molecule has 4 rings (SSSR count). The normalized spacial score (nSPS) is 26.4. The van der Waals surface area contributed by atoms with E-state index < -0.39 is 0 Å². The molecule has 0 spiro atoms. The summed E-state index contributed by atoms with van der Waals surface area (Å²) >= 11 is 0. The highest BCUT2D eigenvalue weighted by Gasteiger charge is 2.47. The van der Waals surface area contributed by atoms with Gasteiger partial charge in [-0.1, -0.05) is 25.7 Å². The molecule has 26 heavy (non-hydrogen) atoms. The number of likely N-dealkylation sites (tertiary alicyclic amines) is 1. The minimum Gasteiger partial charge on any atom is -0.311 e. The van der Waals surface area contributed by atoms with Gasteiger partial charge in [-0.2, -0.15) is 5.10 Å². The van der Waals surface area contributed by atoms with Gasteiger partial charge >= 0.3 is 0 Å². The van der Waals surface area contributed by atoms with Crippen LogP contribution in [0.4, 0.5) is 5.82 Å². The number of carbonyl (C=O) groups is 3. The molecule has 2 saturated carbocycles. The molecule has 3 amide bonds. The molecule has 1 aromatic heterocycles. The molecule has 3 aliphatic rings. The monoisotopic (exact) mass is 358 g/mol. The van der Waals surface area contributed by atoms with Gasteiger partial charge in [-0.25, -0.2) is 4.68 Å². The van der Waals surface area contributed by atoms with Gasteiger partial charge < -0.3 is 5.32 Å². The van der Waals surface area contributed by atoms with Crippen LogP contribution < -0.4 is 5.32 Å². The van der Waals surface area contributed by atoms with Gasteiger partial charge in [0.05, 0.1) is 24.1 Å². The molecule has 0 radical (unpaired) electrons. The third-order valence-corrected chi connectivity index (χ3v) is 6.10. The SMILES string of the molecule is O=C(CCN1C(=O)[C@H]2CCCC[C@H]2C1=O)Nc1ccnn1C1CCCC1. The first-order valence-electron chi connectivity index (χ1n) is 9.84. The minimum atomic E-state index is -0.180. The van der Waals surface area contributed by atoms with Crippen LogP contribution in [-0.4, -0.2) is 38.9 Å². The van der Waals surface area contributed by atoms with Crippen molar-refractivity contribution >= 4 is 23.5 Å². The van der Waals surface area contributed by atoms with Gasteiger partial charge in [0, 0.05) is 19.0 Å². The number of fused-ring (bicyclic) bond motifs is 1. The number of aromatic nitrogens is 2. The zero-order valence-corrected chi connectivity index (χ0v) is 15.0. The molecule has 3 fully saturated rings. The van der Waals surface area contributed by atoms with Crippen molar-refractivity contribution in [2.24, 2.45) is 11.8 Å². The fraction of sp³-hybridized carbons (Fsp3) is 0.684. The van der Waals surface area contributed by atoms with Crippen molar-refractivity contribution in [3.05, 3.63) is 12.3 Å². The number of nitrogens with zero attached hydrogens (tertiary/aromatic N) is 3. The Kier molecular flexibility index (Phi) is 4.78. The summed E-state index contributed by atoms with van der Waals surface area (Å²) in [6.45, 7) is 0.175. The second kappa shape index (κ2) is 7.21. The lowest BCUT2D eigenvalue weighted by Crippen LogP contribution is -2.34. The van der Waals surface area contributed by atoms with E-state index in [4.69, 9.17) is 0 Å². The molecular formula is C19H26N4O3. The van der Waals surface area contributed by atoms with Crippen LogP contribution in [0.15, 0.2) is 12.3 Å². The zero-order valence-electron chi connectivity index (χ0n) is 15.0. The van der Waals surface area contributed by atoms with Gasteiger partial charge in [0.2, 0.25) is 17.7 Å². The zero-order chi connectivity index (χ0) is 18.1. The summed E-state index contributed by atoms with van der Waals surface area (Å²) < 4.78 is 1.89. The van der Waals surface area contributed by atoms with E-state index in [1.165, 1.54) is 17.7 Å². The molecule has 0 aromatic carbocycles. The van der Waals surface area contributed by atoms with Crippen LogP contribution in [0, 0.1) is 11.8 Å². The van der Waals surface area contributed by atoms with Gasteiger partial charge in [-0.3, -0.25) is 19.3 Å². The topological polar surface area (TPSA) is 84.3 Å². The van der Waals surface area contributed by atoms with Gasteiger partial charge in [-0.05, 0) is 25.7 Å². The number of carbonyl (C=O) groups excluding carboxylic acids is 3. The molecule has 1 aromatic rings. The Bertz CT molecular complexity index is 683. The highest BCUT2D eigenvalue weighted by Crippen LogP contribution is 2.38. The summed E-state index contributed by atoms with van der Waals surface area (Å²) in [5, 5.41) is 7.24. The van der Waals surface area contributed by atoms with Crippen LogP contribution in [0.1, 0.15) is 63.8 Å². The van der Waals surface area contributed by atoms with E-state index in [9.17, 15) is 14.4 Å². The molecular weight excluding hydrogens is 332 g/mol. The number of imide groups is 1. The fourth-order valence-corrected chi connectivity index (χ4v) is 4.72. The van der Waals surface area contributed by atoms with Gasteiger partial charge in [-0.15, -0.1) is 0 Å². The Labute approximate surface area is 153 Å². The second-order valence-corrected chi connectivity index (χ2v) is 7.72. The van der Waals surface area contributed by atoms with Crippen molar-refractivity contribution in [3.8, 4) is 0 Å². The minimum absolute atomic E-state index is 0.0801. The van der Waals surface area contributed by atoms with E-state index in [0.29, 0.717) is 11.9 Å². The number of hydrogen-bond donors (Lipinski definition) is 1. The summed E-state index contributed by atoms with van der Waals surface area (Å²) in [4.78, 5) is 38.6. The molecule has 7 heteroatoms. The molecule has 2 aliphatic carbocycles. The summed E-state index contributed by atoms with van der Waals surface area (Å²) in [7, 11) is 0. The van der Waals surface area contributed by atoms with Gasteiger partial charge in [0.1, 0.15) is 5.82 Å². The van der Waals surface area contributed by atoms with Crippen LogP contribution in [0.3, 0.4) is 0 Å². The van der Waals surface area contributed by atoms with E-state index in [-0.39, 0.29) is 42.5 Å². The first-order chi connectivity index (χ1) is 12.6. The Morgan fingerprint density at radius 1 is 1.04 bits per heavy atom. The molecule has 1 saturated heterocycles. The second-order valence-electron chi connectivity index (χ2n) is 7.72. The predicted octanol–water partition coefficient (Wildman–Crippen LogP) is 2.50. The van der Waals surface area contributed by atoms with Crippen molar-refractivity contribution < 1.29 is 14.4 Å². The lowest BCUT2D eigenvalue weighted by molar-refractivity contribution is -0.140. The van der Waals surface area contributed by atoms with Crippen LogP contribution in [0.25, 0.3) is 0 Å². The molecule has 140 valence electrons. The fourth-order valence-electron chi connectivity index (χ4n) is 4.72. The standard InChI is InChI=1S/C19H26N4O3/c24-17(21-16-9-11-20-23(16)13-5-1-2-6-13)10-12-22-18(25)14-7-3-4-8-15(14)19(22)26/h9,11,13-15H,1-8,10,12H2,(H,21,24)/t14-,15+. The van der Waals surface area contributed by atoms with E-state index in [1.54, 1.807) is 12.3 Å². The molecule has 0 unspecified atom stereocenters. The third-order valence-electron chi connectivity index (χ3n) is 6.10. The number of rotatable bonds is 5. The van der Waals surface area contributed by atoms with E-state index in [0.717, 1.165) is 38.5 Å². The van der Waals surface area contributed by atoms with Crippen LogP contribution in [-0.2, 0) is 14.4 Å². The highest BCUT2D eigenvalue weighted by molar-refractivity contribution is 6.05. The Morgan fingerprint density at radius 2 is 1.65 bits per heavy atom. The number of anilines is 1. The van der Waals surface area contributed by atoms with Gasteiger partial charge in [0.15, 0.2) is 0 Å². The molecule has 7 nitrogen and oxygen atoms in total. The van der Waals surface area contributed by atoms with Crippen molar-refractivity contribution in [3.63, 3.8) is 0 Å². The molecule has 2 heterocycles. The Balaban J connectivity index is 1.34. The third kappa shape index (κ3) is 3.15. The van der Waals surface area contributed by atoms with Crippen molar-refractivity contribution in [2.45, 2.75) is 63.8 Å². The molecule has 2 atom stereocenters. The largest absolute Gasteiger partial charge is 0.311 e. The maximum Gasteiger partial charge on any atom is 0.233 e. The maximum atomic E-state index is 12.5. The summed E-state index contributed by atoms with van der Waals surface area (Å²) in [5.74, 6) is 0.0630. The van der Waals surface area contributed by atoms with E-state index in [1.807, 2.05) is 4.68 Å². The number of amides is 3. The lowest BCUT2D eigenvalue weighted by atomic mass is 9.81. The van der Waals surface area contributed by atoms with Crippen molar-refractivity contribution in [1.29, 1.82) is 0 Å². The quantitative estimate of drug-likeness (QED) is 0.820. The maximum absolute atomic E-state index is 12.5. The van der Waals surface area contributed by atoms with E-state index >= 15 is 0 Å². The molecule has 1 N–H and O–H groups in total. The first-order valence-corrected chi connectivity index (χ1v) is 9.84. The summed E-state index contributed by atoms with van der Waals surface area (Å²) in [6, 6.07) is 2.15. The Morgan fingerprint density at radius 3 is 2.31 bits per heavy atom. The van der Waals surface area contributed by atoms with Crippen molar-refractivity contribution in [2.75, 3.05) is 11.9 Å². The number of hydrogen-bond acceptors (Lipinski definition) is 4. The highest BCUT2D eigenvalue weighted by atomic mass is 16.2. The summed E-state index contributed by atoms with van der Waals surface area (Å²) in [5.41, 5.74) is 0. The predicted molar refractivity (Wildman–Crippen MR) is 95.1 cm³/mol. The van der Waals surface area contributed by atoms with Crippen LogP contribution in [0.2, 0.25) is 0 Å². The average Bonchev–Trinajstić information content (AvgIpc) is 3.36. The van der Waals surface area contributed by atoms with Crippen molar-refractivity contribution in [1.82, 2.24) is 14.7 Å². The smallest absolute Gasteiger partial charge is 0.233 e. The van der Waals surface area contributed by atoms with Crippen LogP contribution >= 0.6 is 0 Å². The van der Waals surface area contributed by atoms with Gasteiger partial charge in [0.25, 0.3) is 0 Å². The number of nitrogens with one attached hydrogen (secondary N) is 1. The Hall–Kier alpha value is -2.18. The van der Waals surface area contributed by atoms with Crippen LogP contribution in [0.5, 0.6) is 0 Å². The lowest BCUT2D eigenvalue weighted by Gasteiger charge is -2.19. The molecule has 0 bridgehead atoms. The summed E-state index contributed by atoms with van der Waals surface area (Å²) in [6.07, 6.45) is 10.0.